The van der Waals surface area contributed by atoms with Gasteiger partial charge in [-0.3, -0.25) is 4.79 Å². The fourth-order valence-electron chi connectivity index (χ4n) is 2.52. The summed E-state index contributed by atoms with van der Waals surface area (Å²) in [6.07, 6.45) is 4.00. The van der Waals surface area contributed by atoms with E-state index in [1.807, 2.05) is 18.2 Å². The molecule has 0 saturated heterocycles. The van der Waals surface area contributed by atoms with E-state index >= 15 is 0 Å². The molecule has 1 aliphatic rings. The lowest BCUT2D eigenvalue weighted by Gasteiger charge is -2.38. The molecule has 21 heavy (non-hydrogen) atoms. The van der Waals surface area contributed by atoms with Crippen LogP contribution in [0, 0.1) is 5.41 Å². The van der Waals surface area contributed by atoms with Gasteiger partial charge in [-0.05, 0) is 36.3 Å². The van der Waals surface area contributed by atoms with E-state index in [1.54, 1.807) is 6.07 Å². The topological polar surface area (TPSA) is 78.4 Å². The zero-order chi connectivity index (χ0) is 15.3. The molecule has 1 fully saturated rings. The molecular formula is C16H22N2O3. The zero-order valence-electron chi connectivity index (χ0n) is 12.3. The molecular weight excluding hydrogens is 268 g/mol. The Morgan fingerprint density at radius 3 is 2.62 bits per heavy atom. The number of rotatable bonds is 6. The molecule has 2 amide bonds. The minimum absolute atomic E-state index is 0.0540. The second-order valence-electron chi connectivity index (χ2n) is 6.02. The highest BCUT2D eigenvalue weighted by atomic mass is 16.4. The van der Waals surface area contributed by atoms with Gasteiger partial charge in [-0.25, -0.2) is 4.79 Å². The summed E-state index contributed by atoms with van der Waals surface area (Å²) < 4.78 is 0. The number of aryl methyl sites for hydroxylation is 1. The highest BCUT2D eigenvalue weighted by molar-refractivity contribution is 5.90. The summed E-state index contributed by atoms with van der Waals surface area (Å²) in [5, 5.41) is 14.5. The number of benzene rings is 1. The Hall–Kier alpha value is -2.04. The van der Waals surface area contributed by atoms with Crippen LogP contribution in [-0.4, -0.2) is 23.7 Å². The predicted octanol–water partition coefficient (Wildman–Crippen LogP) is 3.02. The minimum Gasteiger partial charge on any atom is -0.481 e. The Balaban J connectivity index is 1.89. The van der Waals surface area contributed by atoms with Gasteiger partial charge in [0.1, 0.15) is 0 Å². The first-order chi connectivity index (χ1) is 9.98. The fourth-order valence-corrected chi connectivity index (χ4v) is 2.52. The van der Waals surface area contributed by atoms with Crippen molar-refractivity contribution >= 4 is 17.7 Å². The fraction of sp³-hybridized carbons (Fsp3) is 0.500. The van der Waals surface area contributed by atoms with E-state index in [-0.39, 0.29) is 17.9 Å². The van der Waals surface area contributed by atoms with Gasteiger partial charge in [0.25, 0.3) is 0 Å². The number of carbonyl (C=O) groups excluding carboxylic acids is 1. The van der Waals surface area contributed by atoms with Crippen molar-refractivity contribution < 1.29 is 14.7 Å². The predicted molar refractivity (Wildman–Crippen MR) is 81.4 cm³/mol. The van der Waals surface area contributed by atoms with Crippen LogP contribution in [0.2, 0.25) is 0 Å². The summed E-state index contributed by atoms with van der Waals surface area (Å²) in [5.41, 5.74) is 1.75. The van der Waals surface area contributed by atoms with E-state index in [0.717, 1.165) is 18.4 Å². The van der Waals surface area contributed by atoms with Crippen molar-refractivity contribution in [2.75, 3.05) is 11.9 Å². The Kier molecular flexibility index (Phi) is 4.83. The second-order valence-corrected chi connectivity index (χ2v) is 6.02. The van der Waals surface area contributed by atoms with E-state index in [2.05, 4.69) is 17.6 Å². The summed E-state index contributed by atoms with van der Waals surface area (Å²) >= 11 is 0. The van der Waals surface area contributed by atoms with Crippen LogP contribution >= 0.6 is 0 Å². The molecule has 0 atom stereocenters. The normalized spacial score (nSPS) is 15.9. The molecule has 5 nitrogen and oxygen atoms in total. The van der Waals surface area contributed by atoms with Gasteiger partial charge in [0.05, 0.1) is 0 Å². The molecule has 1 aliphatic carbocycles. The molecule has 1 saturated carbocycles. The lowest BCUT2D eigenvalue weighted by Crippen LogP contribution is -2.41. The van der Waals surface area contributed by atoms with Crippen LogP contribution in [0.4, 0.5) is 10.5 Å². The average molecular weight is 290 g/mol. The summed E-state index contributed by atoms with van der Waals surface area (Å²) in [6, 6.07) is 7.07. The van der Waals surface area contributed by atoms with E-state index in [9.17, 15) is 9.59 Å². The first kappa shape index (κ1) is 15.4. The third kappa shape index (κ3) is 4.48. The van der Waals surface area contributed by atoms with Gasteiger partial charge < -0.3 is 15.7 Å². The molecule has 1 aromatic rings. The Bertz CT molecular complexity index is 524. The van der Waals surface area contributed by atoms with Gasteiger partial charge >= 0.3 is 12.0 Å². The summed E-state index contributed by atoms with van der Waals surface area (Å²) in [4.78, 5) is 22.6. The molecule has 3 N–H and O–H groups in total. The number of urea groups is 1. The van der Waals surface area contributed by atoms with Crippen molar-refractivity contribution in [3.05, 3.63) is 29.8 Å². The first-order valence-corrected chi connectivity index (χ1v) is 7.33. The highest BCUT2D eigenvalue weighted by Crippen LogP contribution is 2.39. The van der Waals surface area contributed by atoms with Crippen LogP contribution in [0.3, 0.4) is 0 Å². The number of aliphatic carboxylic acids is 1. The maximum atomic E-state index is 12.0. The third-order valence-electron chi connectivity index (χ3n) is 4.11. The quantitative estimate of drug-likeness (QED) is 0.753. The SMILES string of the molecule is CC1(CNC(=O)Nc2ccccc2CCC(=O)O)CCC1. The number of hydrogen-bond acceptors (Lipinski definition) is 2. The van der Waals surface area contributed by atoms with Gasteiger partial charge in [0, 0.05) is 18.7 Å². The number of carboxylic acid groups (broad SMARTS) is 1. The van der Waals surface area contributed by atoms with E-state index in [0.29, 0.717) is 18.7 Å². The maximum Gasteiger partial charge on any atom is 0.319 e. The molecule has 2 rings (SSSR count). The molecule has 0 heterocycles. The Morgan fingerprint density at radius 1 is 1.29 bits per heavy atom. The number of nitrogens with one attached hydrogen (secondary N) is 2. The third-order valence-corrected chi connectivity index (χ3v) is 4.11. The molecule has 0 aliphatic heterocycles. The molecule has 0 bridgehead atoms. The van der Waals surface area contributed by atoms with Crippen molar-refractivity contribution in [2.45, 2.75) is 39.0 Å². The number of anilines is 1. The smallest absolute Gasteiger partial charge is 0.319 e. The van der Waals surface area contributed by atoms with E-state index < -0.39 is 5.97 Å². The lowest BCUT2D eigenvalue weighted by atomic mass is 9.70. The highest BCUT2D eigenvalue weighted by Gasteiger charge is 2.31. The molecule has 1 aromatic carbocycles. The number of carbonyl (C=O) groups is 2. The number of amides is 2. The van der Waals surface area contributed by atoms with Gasteiger partial charge in [-0.15, -0.1) is 0 Å². The Morgan fingerprint density at radius 2 is 2.00 bits per heavy atom. The van der Waals surface area contributed by atoms with Gasteiger partial charge in [-0.2, -0.15) is 0 Å². The van der Waals surface area contributed by atoms with E-state index in [1.165, 1.54) is 6.42 Å². The molecule has 0 spiro atoms. The second kappa shape index (κ2) is 6.61. The van der Waals surface area contributed by atoms with Crippen LogP contribution < -0.4 is 10.6 Å². The average Bonchev–Trinajstić information content (AvgIpc) is 2.42. The molecule has 0 unspecified atom stereocenters. The van der Waals surface area contributed by atoms with Crippen molar-refractivity contribution in [3.8, 4) is 0 Å². The lowest BCUT2D eigenvalue weighted by molar-refractivity contribution is -0.136. The van der Waals surface area contributed by atoms with Crippen molar-refractivity contribution in [1.29, 1.82) is 0 Å². The van der Waals surface area contributed by atoms with Crippen molar-refractivity contribution in [3.63, 3.8) is 0 Å². The monoisotopic (exact) mass is 290 g/mol. The largest absolute Gasteiger partial charge is 0.481 e. The van der Waals surface area contributed by atoms with Gasteiger partial charge in [0.2, 0.25) is 0 Å². The number of carboxylic acids is 1. The minimum atomic E-state index is -0.841. The zero-order valence-corrected chi connectivity index (χ0v) is 12.3. The first-order valence-electron chi connectivity index (χ1n) is 7.33. The summed E-state index contributed by atoms with van der Waals surface area (Å²) in [5.74, 6) is -0.841. The molecule has 114 valence electrons. The molecule has 5 heteroatoms. The molecule has 0 radical (unpaired) electrons. The van der Waals surface area contributed by atoms with Crippen LogP contribution in [0.1, 0.15) is 38.2 Å². The maximum absolute atomic E-state index is 12.0. The summed E-state index contributed by atoms with van der Waals surface area (Å²) in [7, 11) is 0. The van der Waals surface area contributed by atoms with E-state index in [4.69, 9.17) is 5.11 Å². The van der Waals surface area contributed by atoms with Crippen molar-refractivity contribution in [1.82, 2.24) is 5.32 Å². The van der Waals surface area contributed by atoms with Crippen LogP contribution in [0.5, 0.6) is 0 Å². The summed E-state index contributed by atoms with van der Waals surface area (Å²) in [6.45, 7) is 2.85. The van der Waals surface area contributed by atoms with Crippen LogP contribution in [0.15, 0.2) is 24.3 Å². The van der Waals surface area contributed by atoms with Gasteiger partial charge in [-0.1, -0.05) is 31.5 Å². The number of para-hydroxylation sites is 1. The van der Waals surface area contributed by atoms with Crippen LogP contribution in [0.25, 0.3) is 0 Å². The van der Waals surface area contributed by atoms with Crippen LogP contribution in [-0.2, 0) is 11.2 Å². The molecule has 0 aromatic heterocycles. The number of hydrogen-bond donors (Lipinski definition) is 3. The van der Waals surface area contributed by atoms with Gasteiger partial charge in [0.15, 0.2) is 0 Å². The standard InChI is InChI=1S/C16H22N2O3/c1-16(9-4-10-16)11-17-15(21)18-13-6-3-2-5-12(13)7-8-14(19)20/h2-3,5-6H,4,7-11H2,1H3,(H,19,20)(H2,17,18,21). The Labute approximate surface area is 124 Å². The van der Waals surface area contributed by atoms with Crippen molar-refractivity contribution in [2.24, 2.45) is 5.41 Å².